The fourth-order valence-corrected chi connectivity index (χ4v) is 4.75. The quantitative estimate of drug-likeness (QED) is 0.918. The van der Waals surface area contributed by atoms with Crippen molar-refractivity contribution < 1.29 is 8.42 Å². The van der Waals surface area contributed by atoms with Gasteiger partial charge in [-0.15, -0.1) is 12.4 Å². The van der Waals surface area contributed by atoms with Crippen molar-refractivity contribution in [3.05, 3.63) is 36.0 Å². The number of aryl methyl sites for hydroxylation is 1. The van der Waals surface area contributed by atoms with E-state index in [0.29, 0.717) is 23.4 Å². The minimum absolute atomic E-state index is 0. The SMILES string of the molecule is CNC1CCCN(S(=O)(=O)c2ccc(C)c3ncccc23)C1.Cl. The molecule has 1 aromatic carbocycles. The predicted molar refractivity (Wildman–Crippen MR) is 94.6 cm³/mol. The van der Waals surface area contributed by atoms with Crippen molar-refractivity contribution in [2.45, 2.75) is 30.7 Å². The topological polar surface area (TPSA) is 62.3 Å². The van der Waals surface area contributed by atoms with E-state index >= 15 is 0 Å². The number of nitrogens with zero attached hydrogens (tertiary/aromatic N) is 2. The van der Waals surface area contributed by atoms with E-state index in [0.717, 1.165) is 23.9 Å². The lowest BCUT2D eigenvalue weighted by Gasteiger charge is -2.32. The van der Waals surface area contributed by atoms with E-state index in [4.69, 9.17) is 0 Å². The maximum absolute atomic E-state index is 13.0. The number of aromatic nitrogens is 1. The first-order chi connectivity index (χ1) is 10.5. The van der Waals surface area contributed by atoms with Gasteiger partial charge < -0.3 is 5.32 Å². The molecule has 0 amide bonds. The molecule has 126 valence electrons. The van der Waals surface area contributed by atoms with Crippen LogP contribution in [0.4, 0.5) is 0 Å². The second-order valence-electron chi connectivity index (χ2n) is 5.77. The van der Waals surface area contributed by atoms with Gasteiger partial charge in [-0.2, -0.15) is 4.31 Å². The molecule has 1 atom stereocenters. The molecule has 2 aromatic rings. The molecule has 3 rings (SSSR count). The number of pyridine rings is 1. The monoisotopic (exact) mass is 355 g/mol. The summed E-state index contributed by atoms with van der Waals surface area (Å²) >= 11 is 0. The van der Waals surface area contributed by atoms with E-state index in [1.165, 1.54) is 0 Å². The molecule has 7 heteroatoms. The van der Waals surface area contributed by atoms with Crippen LogP contribution in [0.5, 0.6) is 0 Å². The summed E-state index contributed by atoms with van der Waals surface area (Å²) in [4.78, 5) is 4.70. The van der Waals surface area contributed by atoms with Crippen LogP contribution in [0, 0.1) is 6.92 Å². The van der Waals surface area contributed by atoms with Crippen LogP contribution in [0.25, 0.3) is 10.9 Å². The second-order valence-corrected chi connectivity index (χ2v) is 7.68. The molecule has 5 nitrogen and oxygen atoms in total. The number of halogens is 1. The number of nitrogens with one attached hydrogen (secondary N) is 1. The zero-order chi connectivity index (χ0) is 15.7. The van der Waals surface area contributed by atoms with Gasteiger partial charge >= 0.3 is 0 Å². The Balaban J connectivity index is 0.00000192. The summed E-state index contributed by atoms with van der Waals surface area (Å²) in [5.41, 5.74) is 1.74. The van der Waals surface area contributed by atoms with E-state index in [1.54, 1.807) is 22.6 Å². The molecule has 1 N–H and O–H groups in total. The van der Waals surface area contributed by atoms with Gasteiger partial charge in [0.25, 0.3) is 0 Å². The zero-order valence-corrected chi connectivity index (χ0v) is 15.0. The van der Waals surface area contributed by atoms with Gasteiger partial charge in [0.15, 0.2) is 0 Å². The molecule has 0 radical (unpaired) electrons. The standard InChI is InChI=1S/C16H21N3O2S.ClH/c1-12-7-8-15(14-6-3-9-18-16(12)14)22(20,21)19-10-4-5-13(11-19)17-2;/h3,6-9,13,17H,4-5,10-11H2,1-2H3;1H. The minimum Gasteiger partial charge on any atom is -0.316 e. The summed E-state index contributed by atoms with van der Waals surface area (Å²) in [5.74, 6) is 0. The average molecular weight is 356 g/mol. The fourth-order valence-electron chi connectivity index (χ4n) is 3.05. The molecule has 0 aliphatic carbocycles. The summed E-state index contributed by atoms with van der Waals surface area (Å²) < 4.78 is 27.7. The summed E-state index contributed by atoms with van der Waals surface area (Å²) in [7, 11) is -1.61. The van der Waals surface area contributed by atoms with Crippen molar-refractivity contribution in [2.75, 3.05) is 20.1 Å². The fraction of sp³-hybridized carbons (Fsp3) is 0.438. The smallest absolute Gasteiger partial charge is 0.243 e. The summed E-state index contributed by atoms with van der Waals surface area (Å²) in [6, 6.07) is 7.38. The van der Waals surface area contributed by atoms with Crippen LogP contribution in [0.1, 0.15) is 18.4 Å². The maximum atomic E-state index is 13.0. The van der Waals surface area contributed by atoms with Crippen LogP contribution in [0.2, 0.25) is 0 Å². The van der Waals surface area contributed by atoms with E-state index < -0.39 is 10.0 Å². The number of sulfonamides is 1. The van der Waals surface area contributed by atoms with Crippen LogP contribution >= 0.6 is 12.4 Å². The molecular weight excluding hydrogens is 334 g/mol. The highest BCUT2D eigenvalue weighted by Gasteiger charge is 2.31. The average Bonchev–Trinajstić information content (AvgIpc) is 2.55. The van der Waals surface area contributed by atoms with Gasteiger partial charge in [-0.1, -0.05) is 6.07 Å². The highest BCUT2D eigenvalue weighted by Crippen LogP contribution is 2.28. The van der Waals surface area contributed by atoms with Gasteiger partial charge in [-0.05, 0) is 50.6 Å². The Morgan fingerprint density at radius 1 is 1.30 bits per heavy atom. The Kier molecular flexibility index (Phi) is 5.62. The van der Waals surface area contributed by atoms with E-state index in [1.807, 2.05) is 26.1 Å². The first kappa shape index (κ1) is 18.1. The Morgan fingerprint density at radius 3 is 2.83 bits per heavy atom. The van der Waals surface area contributed by atoms with Gasteiger partial charge in [-0.3, -0.25) is 4.98 Å². The molecule has 2 heterocycles. The second kappa shape index (κ2) is 7.13. The number of benzene rings is 1. The number of hydrogen-bond donors (Lipinski definition) is 1. The highest BCUT2D eigenvalue weighted by atomic mass is 35.5. The van der Waals surface area contributed by atoms with E-state index in [-0.39, 0.29) is 18.4 Å². The molecule has 1 fully saturated rings. The Bertz CT molecular complexity index is 795. The largest absolute Gasteiger partial charge is 0.316 e. The van der Waals surface area contributed by atoms with Crippen molar-refractivity contribution in [1.29, 1.82) is 0 Å². The van der Waals surface area contributed by atoms with Crippen molar-refractivity contribution in [3.63, 3.8) is 0 Å². The minimum atomic E-state index is -3.50. The highest BCUT2D eigenvalue weighted by molar-refractivity contribution is 7.89. The lowest BCUT2D eigenvalue weighted by Crippen LogP contribution is -2.46. The van der Waals surface area contributed by atoms with Crippen LogP contribution in [0.3, 0.4) is 0 Å². The number of hydrogen-bond acceptors (Lipinski definition) is 4. The molecule has 0 saturated carbocycles. The van der Waals surface area contributed by atoms with E-state index in [9.17, 15) is 8.42 Å². The van der Waals surface area contributed by atoms with Crippen molar-refractivity contribution in [1.82, 2.24) is 14.6 Å². The first-order valence-electron chi connectivity index (χ1n) is 7.56. The molecular formula is C16H22ClN3O2S. The normalized spacial score (nSPS) is 19.5. The van der Waals surface area contributed by atoms with Crippen molar-refractivity contribution in [3.8, 4) is 0 Å². The van der Waals surface area contributed by atoms with E-state index in [2.05, 4.69) is 10.3 Å². The van der Waals surface area contributed by atoms with Crippen LogP contribution in [-0.4, -0.2) is 43.9 Å². The van der Waals surface area contributed by atoms with Gasteiger partial charge in [0.2, 0.25) is 10.0 Å². The Labute approximate surface area is 143 Å². The molecule has 1 saturated heterocycles. The Hall–Kier alpha value is -1.21. The molecule has 1 aliphatic heterocycles. The molecule has 23 heavy (non-hydrogen) atoms. The molecule has 1 aliphatic rings. The molecule has 0 spiro atoms. The molecule has 1 aromatic heterocycles. The number of fused-ring (bicyclic) bond motifs is 1. The molecule has 1 unspecified atom stereocenters. The van der Waals surface area contributed by atoms with Crippen LogP contribution < -0.4 is 5.32 Å². The summed E-state index contributed by atoms with van der Waals surface area (Å²) in [6.45, 7) is 3.05. The van der Waals surface area contributed by atoms with Gasteiger partial charge in [0.1, 0.15) is 0 Å². The van der Waals surface area contributed by atoms with Crippen LogP contribution in [-0.2, 0) is 10.0 Å². The predicted octanol–water partition coefficient (Wildman–Crippen LogP) is 2.34. The van der Waals surface area contributed by atoms with Crippen molar-refractivity contribution in [2.24, 2.45) is 0 Å². The van der Waals surface area contributed by atoms with Crippen molar-refractivity contribution >= 4 is 33.3 Å². The van der Waals surface area contributed by atoms with Gasteiger partial charge in [0, 0.05) is 30.7 Å². The number of rotatable bonds is 3. The zero-order valence-electron chi connectivity index (χ0n) is 13.3. The third-order valence-electron chi connectivity index (χ3n) is 4.34. The summed E-state index contributed by atoms with van der Waals surface area (Å²) in [5, 5.41) is 3.89. The van der Waals surface area contributed by atoms with Gasteiger partial charge in [-0.25, -0.2) is 8.42 Å². The lowest BCUT2D eigenvalue weighted by atomic mass is 10.1. The van der Waals surface area contributed by atoms with Gasteiger partial charge in [0.05, 0.1) is 10.4 Å². The number of likely N-dealkylation sites (N-methyl/N-ethyl adjacent to an activating group) is 1. The number of piperidine rings is 1. The third-order valence-corrected chi connectivity index (χ3v) is 6.26. The first-order valence-corrected chi connectivity index (χ1v) is 9.00. The lowest BCUT2D eigenvalue weighted by molar-refractivity contribution is 0.293. The third kappa shape index (κ3) is 3.35. The molecule has 0 bridgehead atoms. The summed E-state index contributed by atoms with van der Waals surface area (Å²) in [6.07, 6.45) is 3.59. The van der Waals surface area contributed by atoms with Crippen LogP contribution in [0.15, 0.2) is 35.4 Å². The Morgan fingerprint density at radius 2 is 2.09 bits per heavy atom. The maximum Gasteiger partial charge on any atom is 0.243 e.